The molecule has 0 spiro atoms. The molecule has 0 amide bonds. The largest absolute Gasteiger partial charge is 0.401 e. The molecule has 0 aromatic rings. The summed E-state index contributed by atoms with van der Waals surface area (Å²) in [5.74, 6) is 0. The summed E-state index contributed by atoms with van der Waals surface area (Å²) < 4.78 is 69.0. The molecule has 1 saturated heterocycles. The number of alkyl halides is 6. The highest BCUT2D eigenvalue weighted by molar-refractivity contribution is 8.07. The van der Waals surface area contributed by atoms with Crippen molar-refractivity contribution in [2.24, 2.45) is 0 Å². The Kier molecular flexibility index (Phi) is 1.81. The molecule has 0 bridgehead atoms. The molecule has 0 saturated carbocycles. The van der Waals surface area contributed by atoms with E-state index in [1.807, 2.05) is 0 Å². The SMILES string of the molecule is FC(F)(F)C1SC1C(F)(F)F. The maximum absolute atomic E-state index is 11.5. The van der Waals surface area contributed by atoms with E-state index in [4.69, 9.17) is 0 Å². The van der Waals surface area contributed by atoms with Crippen molar-refractivity contribution in [1.82, 2.24) is 0 Å². The lowest BCUT2D eigenvalue weighted by Gasteiger charge is -2.05. The third-order valence-electron chi connectivity index (χ3n) is 1.14. The van der Waals surface area contributed by atoms with Gasteiger partial charge in [0.2, 0.25) is 0 Å². The first-order valence-corrected chi connectivity index (χ1v) is 3.46. The smallest absolute Gasteiger partial charge is 0.170 e. The molecule has 2 atom stereocenters. The zero-order valence-electron chi connectivity index (χ0n) is 4.83. The van der Waals surface area contributed by atoms with E-state index in [1.54, 1.807) is 0 Å². The van der Waals surface area contributed by atoms with E-state index in [9.17, 15) is 26.3 Å². The molecule has 11 heavy (non-hydrogen) atoms. The summed E-state index contributed by atoms with van der Waals surface area (Å²) in [4.78, 5) is 0. The van der Waals surface area contributed by atoms with Gasteiger partial charge in [-0.25, -0.2) is 0 Å². The normalized spacial score (nSPS) is 32.2. The Labute approximate surface area is 61.9 Å². The fraction of sp³-hybridized carbons (Fsp3) is 1.00. The van der Waals surface area contributed by atoms with Crippen molar-refractivity contribution in [2.75, 3.05) is 0 Å². The van der Waals surface area contributed by atoms with Crippen LogP contribution in [0.1, 0.15) is 0 Å². The van der Waals surface area contributed by atoms with Crippen LogP contribution in [0.4, 0.5) is 26.3 Å². The average molecular weight is 196 g/mol. The molecule has 1 fully saturated rings. The molecule has 0 aromatic heterocycles. The summed E-state index contributed by atoms with van der Waals surface area (Å²) >= 11 is -0.0995. The van der Waals surface area contributed by atoms with Crippen molar-refractivity contribution in [3.8, 4) is 0 Å². The van der Waals surface area contributed by atoms with Gasteiger partial charge in [-0.15, -0.1) is 11.8 Å². The van der Waals surface area contributed by atoms with Crippen molar-refractivity contribution in [3.63, 3.8) is 0 Å². The van der Waals surface area contributed by atoms with Crippen LogP contribution in [0.3, 0.4) is 0 Å². The van der Waals surface area contributed by atoms with Gasteiger partial charge < -0.3 is 0 Å². The van der Waals surface area contributed by atoms with E-state index in [2.05, 4.69) is 0 Å². The van der Waals surface area contributed by atoms with Gasteiger partial charge in [0.15, 0.2) is 0 Å². The fourth-order valence-corrected chi connectivity index (χ4v) is 1.45. The van der Waals surface area contributed by atoms with Gasteiger partial charge in [-0.2, -0.15) is 26.3 Å². The van der Waals surface area contributed by atoms with Gasteiger partial charge in [0.05, 0.1) is 0 Å². The third-order valence-corrected chi connectivity index (χ3v) is 2.49. The lowest BCUT2D eigenvalue weighted by Crippen LogP contribution is -2.26. The Morgan fingerprint density at radius 3 is 1.09 bits per heavy atom. The second-order valence-electron chi connectivity index (χ2n) is 2.06. The number of halogens is 6. The lowest BCUT2D eigenvalue weighted by molar-refractivity contribution is -0.160. The molecular formula is C4H2F6S. The molecule has 0 nitrogen and oxygen atoms in total. The number of thioether (sulfide) groups is 1. The second kappa shape index (κ2) is 2.21. The minimum atomic E-state index is -4.72. The van der Waals surface area contributed by atoms with E-state index in [1.165, 1.54) is 0 Å². The van der Waals surface area contributed by atoms with Crippen molar-refractivity contribution >= 4 is 11.8 Å². The standard InChI is InChI=1S/C4H2F6S/c5-3(6,7)1-2(11-1)4(8,9)10/h1-2H. The van der Waals surface area contributed by atoms with E-state index in [0.29, 0.717) is 0 Å². The Morgan fingerprint density at radius 2 is 1.00 bits per heavy atom. The summed E-state index contributed by atoms with van der Waals surface area (Å²) in [6, 6.07) is 0. The van der Waals surface area contributed by atoms with Crippen LogP contribution >= 0.6 is 11.8 Å². The van der Waals surface area contributed by atoms with Crippen molar-refractivity contribution in [2.45, 2.75) is 22.9 Å². The van der Waals surface area contributed by atoms with Crippen LogP contribution < -0.4 is 0 Å². The Hall–Kier alpha value is -0.0700. The van der Waals surface area contributed by atoms with Gasteiger partial charge in [0, 0.05) is 0 Å². The molecule has 0 radical (unpaired) electrons. The first-order chi connectivity index (χ1) is 4.73. The minimum Gasteiger partial charge on any atom is -0.170 e. The molecule has 1 aliphatic heterocycles. The Morgan fingerprint density at radius 1 is 0.727 bits per heavy atom. The summed E-state index contributed by atoms with van der Waals surface area (Å²) in [6.07, 6.45) is -9.43. The van der Waals surface area contributed by atoms with Gasteiger partial charge in [0.25, 0.3) is 0 Å². The van der Waals surface area contributed by atoms with Gasteiger partial charge in [-0.1, -0.05) is 0 Å². The first kappa shape index (κ1) is 9.02. The van der Waals surface area contributed by atoms with Crippen LogP contribution in [0.25, 0.3) is 0 Å². The van der Waals surface area contributed by atoms with Crippen LogP contribution in [-0.4, -0.2) is 22.9 Å². The summed E-state index contributed by atoms with van der Waals surface area (Å²) in [5, 5.41) is -4.47. The first-order valence-electron chi connectivity index (χ1n) is 2.52. The van der Waals surface area contributed by atoms with Gasteiger partial charge in [-0.05, 0) is 0 Å². The zero-order chi connectivity index (χ0) is 8.86. The zero-order valence-corrected chi connectivity index (χ0v) is 5.65. The highest BCUT2D eigenvalue weighted by Gasteiger charge is 2.67. The van der Waals surface area contributed by atoms with Crippen LogP contribution in [-0.2, 0) is 0 Å². The van der Waals surface area contributed by atoms with E-state index in [-0.39, 0.29) is 11.8 Å². The average Bonchev–Trinajstić information content (AvgIpc) is 2.30. The highest BCUT2D eigenvalue weighted by Crippen LogP contribution is 2.57. The third kappa shape index (κ3) is 1.94. The summed E-state index contributed by atoms with van der Waals surface area (Å²) in [5.41, 5.74) is 0. The van der Waals surface area contributed by atoms with Gasteiger partial charge >= 0.3 is 12.4 Å². The van der Waals surface area contributed by atoms with Crippen LogP contribution in [0.2, 0.25) is 0 Å². The monoisotopic (exact) mass is 196 g/mol. The predicted octanol–water partition coefficient (Wildman–Crippen LogP) is 2.59. The van der Waals surface area contributed by atoms with Crippen molar-refractivity contribution in [3.05, 3.63) is 0 Å². The van der Waals surface area contributed by atoms with Crippen molar-refractivity contribution < 1.29 is 26.3 Å². The van der Waals surface area contributed by atoms with Crippen LogP contribution in [0.15, 0.2) is 0 Å². The van der Waals surface area contributed by atoms with Gasteiger partial charge in [0.1, 0.15) is 10.5 Å². The molecule has 1 heterocycles. The maximum atomic E-state index is 11.5. The molecule has 1 aliphatic rings. The predicted molar refractivity (Wildman–Crippen MR) is 27.3 cm³/mol. The van der Waals surface area contributed by atoms with E-state index >= 15 is 0 Å². The Bertz CT molecular complexity index is 139. The molecule has 0 N–H and O–H groups in total. The topological polar surface area (TPSA) is 0 Å². The molecule has 1 rings (SSSR count). The molecule has 7 heteroatoms. The van der Waals surface area contributed by atoms with E-state index < -0.39 is 22.9 Å². The number of hydrogen-bond acceptors (Lipinski definition) is 1. The summed E-state index contributed by atoms with van der Waals surface area (Å²) in [7, 11) is 0. The molecule has 0 aliphatic carbocycles. The minimum absolute atomic E-state index is 0.0995. The van der Waals surface area contributed by atoms with E-state index in [0.717, 1.165) is 0 Å². The van der Waals surface area contributed by atoms with Crippen LogP contribution in [0.5, 0.6) is 0 Å². The molecule has 66 valence electrons. The summed E-state index contributed by atoms with van der Waals surface area (Å²) in [6.45, 7) is 0. The molecular weight excluding hydrogens is 194 g/mol. The quantitative estimate of drug-likeness (QED) is 0.424. The lowest BCUT2D eigenvalue weighted by atomic mass is 10.3. The number of hydrogen-bond donors (Lipinski definition) is 0. The molecule has 2 unspecified atom stereocenters. The fourth-order valence-electron chi connectivity index (χ4n) is 0.610. The maximum Gasteiger partial charge on any atom is 0.401 e. The van der Waals surface area contributed by atoms with Gasteiger partial charge in [-0.3, -0.25) is 0 Å². The van der Waals surface area contributed by atoms with Crippen molar-refractivity contribution in [1.29, 1.82) is 0 Å². The molecule has 0 aromatic carbocycles. The number of rotatable bonds is 0. The highest BCUT2D eigenvalue weighted by atomic mass is 32.2. The Balaban J connectivity index is 2.51. The van der Waals surface area contributed by atoms with Crippen LogP contribution in [0, 0.1) is 0 Å². The second-order valence-corrected chi connectivity index (χ2v) is 3.35.